The van der Waals surface area contributed by atoms with Gasteiger partial charge in [0.05, 0.1) is 13.2 Å². The molecule has 0 unspecified atom stereocenters. The van der Waals surface area contributed by atoms with E-state index in [0.29, 0.717) is 17.9 Å². The molecule has 1 aromatic rings. The van der Waals surface area contributed by atoms with Crippen molar-refractivity contribution >= 4 is 11.8 Å². The molecule has 1 fully saturated rings. The minimum atomic E-state index is -0.381. The van der Waals surface area contributed by atoms with Crippen LogP contribution in [0.2, 0.25) is 0 Å². The van der Waals surface area contributed by atoms with E-state index in [9.17, 15) is 14.0 Å². The molecule has 132 valence electrons. The highest BCUT2D eigenvalue weighted by atomic mass is 19.1. The fourth-order valence-electron chi connectivity index (χ4n) is 3.07. The quantitative estimate of drug-likeness (QED) is 0.804. The first-order valence-electron chi connectivity index (χ1n) is 8.41. The molecule has 2 rings (SSSR count). The van der Waals surface area contributed by atoms with E-state index in [1.807, 2.05) is 0 Å². The summed E-state index contributed by atoms with van der Waals surface area (Å²) in [6.07, 6.45) is 4.28. The molecular formula is C18H25FN2O3. The first-order chi connectivity index (χ1) is 11.5. The van der Waals surface area contributed by atoms with Crippen molar-refractivity contribution in [3.63, 3.8) is 0 Å². The first kappa shape index (κ1) is 18.2. The lowest BCUT2D eigenvalue weighted by atomic mass is 10.1. The predicted molar refractivity (Wildman–Crippen MR) is 89.1 cm³/mol. The van der Waals surface area contributed by atoms with Crippen molar-refractivity contribution in [2.75, 3.05) is 13.7 Å². The van der Waals surface area contributed by atoms with Gasteiger partial charge in [-0.2, -0.15) is 0 Å². The van der Waals surface area contributed by atoms with E-state index in [0.717, 1.165) is 25.7 Å². The summed E-state index contributed by atoms with van der Waals surface area (Å²) in [5.74, 6) is 0.0960. The normalized spacial score (nSPS) is 15.8. The Labute approximate surface area is 142 Å². The third-order valence-corrected chi connectivity index (χ3v) is 4.41. The maximum Gasteiger partial charge on any atom is 0.223 e. The lowest BCUT2D eigenvalue weighted by Crippen LogP contribution is -2.34. The predicted octanol–water partition coefficient (Wildman–Crippen LogP) is 2.71. The Hall–Kier alpha value is -2.11. The molecule has 2 amide bonds. The standard InChI is InChI=1S/C18H25FN2O3/c1-12(15-11-14(19)7-8-16(15)24-2)21-17(22)9-10-20-18(23)13-5-3-4-6-13/h7-8,11-13H,3-6,9-10H2,1-2H3,(H,20,23)(H,21,22)/t12-/m1/s1. The maximum absolute atomic E-state index is 13.4. The fourth-order valence-corrected chi connectivity index (χ4v) is 3.07. The van der Waals surface area contributed by atoms with Gasteiger partial charge in [-0.3, -0.25) is 9.59 Å². The van der Waals surface area contributed by atoms with Crippen LogP contribution in [0.4, 0.5) is 4.39 Å². The second-order valence-electron chi connectivity index (χ2n) is 6.20. The number of hydrogen-bond donors (Lipinski definition) is 2. The maximum atomic E-state index is 13.4. The molecule has 0 radical (unpaired) electrons. The van der Waals surface area contributed by atoms with Crippen molar-refractivity contribution in [2.24, 2.45) is 5.92 Å². The zero-order valence-electron chi connectivity index (χ0n) is 14.2. The molecule has 0 aliphatic heterocycles. The average Bonchev–Trinajstić information content (AvgIpc) is 3.09. The summed E-state index contributed by atoms with van der Waals surface area (Å²) in [6, 6.07) is 3.82. The molecule has 0 spiro atoms. The van der Waals surface area contributed by atoms with Gasteiger partial charge < -0.3 is 15.4 Å². The molecular weight excluding hydrogens is 311 g/mol. The summed E-state index contributed by atoms with van der Waals surface area (Å²) in [5, 5.41) is 5.62. The van der Waals surface area contributed by atoms with Gasteiger partial charge >= 0.3 is 0 Å². The lowest BCUT2D eigenvalue weighted by molar-refractivity contribution is -0.125. The average molecular weight is 336 g/mol. The van der Waals surface area contributed by atoms with Crippen LogP contribution in [-0.2, 0) is 9.59 Å². The summed E-state index contributed by atoms with van der Waals surface area (Å²) in [7, 11) is 1.50. The minimum Gasteiger partial charge on any atom is -0.496 e. The number of amides is 2. The minimum absolute atomic E-state index is 0.0418. The van der Waals surface area contributed by atoms with Crippen LogP contribution < -0.4 is 15.4 Å². The number of ether oxygens (including phenoxy) is 1. The van der Waals surface area contributed by atoms with Crippen molar-refractivity contribution < 1.29 is 18.7 Å². The van der Waals surface area contributed by atoms with Crippen LogP contribution in [-0.4, -0.2) is 25.5 Å². The van der Waals surface area contributed by atoms with E-state index >= 15 is 0 Å². The first-order valence-corrected chi connectivity index (χ1v) is 8.41. The monoisotopic (exact) mass is 336 g/mol. The lowest BCUT2D eigenvalue weighted by Gasteiger charge is -2.17. The van der Waals surface area contributed by atoms with E-state index in [4.69, 9.17) is 4.74 Å². The molecule has 0 bridgehead atoms. The van der Waals surface area contributed by atoms with Gasteiger partial charge in [-0.05, 0) is 38.0 Å². The summed E-state index contributed by atoms with van der Waals surface area (Å²) in [4.78, 5) is 23.9. The van der Waals surface area contributed by atoms with Gasteiger partial charge in [-0.15, -0.1) is 0 Å². The van der Waals surface area contributed by atoms with E-state index in [2.05, 4.69) is 10.6 Å². The van der Waals surface area contributed by atoms with Gasteiger partial charge in [0, 0.05) is 24.4 Å². The number of carbonyl (C=O) groups excluding carboxylic acids is 2. The SMILES string of the molecule is COc1ccc(F)cc1[C@@H](C)NC(=O)CCNC(=O)C1CCCC1. The van der Waals surface area contributed by atoms with Crippen LogP contribution >= 0.6 is 0 Å². The number of benzene rings is 1. The molecule has 1 aliphatic rings. The zero-order valence-corrected chi connectivity index (χ0v) is 14.2. The van der Waals surface area contributed by atoms with Gasteiger partial charge in [-0.1, -0.05) is 12.8 Å². The van der Waals surface area contributed by atoms with Crippen molar-refractivity contribution in [1.82, 2.24) is 10.6 Å². The van der Waals surface area contributed by atoms with Crippen LogP contribution in [0.5, 0.6) is 5.75 Å². The van der Waals surface area contributed by atoms with Crippen LogP contribution in [0.25, 0.3) is 0 Å². The van der Waals surface area contributed by atoms with Crippen molar-refractivity contribution in [3.05, 3.63) is 29.6 Å². The molecule has 0 aromatic heterocycles. The summed E-state index contributed by atoms with van der Waals surface area (Å²) in [6.45, 7) is 2.08. The number of halogens is 1. The molecule has 2 N–H and O–H groups in total. The number of nitrogens with one attached hydrogen (secondary N) is 2. The molecule has 24 heavy (non-hydrogen) atoms. The van der Waals surface area contributed by atoms with E-state index in [1.165, 1.54) is 25.3 Å². The van der Waals surface area contributed by atoms with Gasteiger partial charge in [-0.25, -0.2) is 4.39 Å². The molecule has 1 aromatic carbocycles. The van der Waals surface area contributed by atoms with Crippen LogP contribution in [0.3, 0.4) is 0 Å². The molecule has 1 aliphatic carbocycles. The van der Waals surface area contributed by atoms with E-state index in [-0.39, 0.29) is 36.0 Å². The Morgan fingerprint density at radius 1 is 1.33 bits per heavy atom. The van der Waals surface area contributed by atoms with Gasteiger partial charge in [0.2, 0.25) is 11.8 Å². The molecule has 5 nitrogen and oxygen atoms in total. The van der Waals surface area contributed by atoms with Crippen molar-refractivity contribution in [1.29, 1.82) is 0 Å². The van der Waals surface area contributed by atoms with E-state index in [1.54, 1.807) is 6.92 Å². The highest BCUT2D eigenvalue weighted by molar-refractivity contribution is 5.80. The second kappa shape index (κ2) is 8.66. The highest BCUT2D eigenvalue weighted by Gasteiger charge is 2.22. The number of carbonyl (C=O) groups is 2. The largest absolute Gasteiger partial charge is 0.496 e. The third-order valence-electron chi connectivity index (χ3n) is 4.41. The summed E-state index contributed by atoms with van der Waals surface area (Å²) >= 11 is 0. The molecule has 1 saturated carbocycles. The fraction of sp³-hybridized carbons (Fsp3) is 0.556. The highest BCUT2D eigenvalue weighted by Crippen LogP contribution is 2.26. The van der Waals surface area contributed by atoms with Crippen LogP contribution in [0, 0.1) is 11.7 Å². The molecule has 0 saturated heterocycles. The number of hydrogen-bond acceptors (Lipinski definition) is 3. The molecule has 0 heterocycles. The Morgan fingerprint density at radius 2 is 2.04 bits per heavy atom. The number of methoxy groups -OCH3 is 1. The summed E-state index contributed by atoms with van der Waals surface area (Å²) in [5.41, 5.74) is 0.584. The summed E-state index contributed by atoms with van der Waals surface area (Å²) < 4.78 is 18.6. The Kier molecular flexibility index (Phi) is 6.58. The van der Waals surface area contributed by atoms with Gasteiger partial charge in [0.15, 0.2) is 0 Å². The van der Waals surface area contributed by atoms with Crippen LogP contribution in [0.15, 0.2) is 18.2 Å². The van der Waals surface area contributed by atoms with Crippen LogP contribution in [0.1, 0.15) is 50.6 Å². The van der Waals surface area contributed by atoms with Crippen molar-refractivity contribution in [2.45, 2.75) is 45.1 Å². The van der Waals surface area contributed by atoms with Crippen molar-refractivity contribution in [3.8, 4) is 5.75 Å². The molecule has 6 heteroatoms. The third kappa shape index (κ3) is 4.94. The van der Waals surface area contributed by atoms with E-state index < -0.39 is 0 Å². The van der Waals surface area contributed by atoms with Gasteiger partial charge in [0.1, 0.15) is 11.6 Å². The Morgan fingerprint density at radius 3 is 2.71 bits per heavy atom. The Bertz CT molecular complexity index is 586. The number of rotatable bonds is 7. The second-order valence-corrected chi connectivity index (χ2v) is 6.20. The topological polar surface area (TPSA) is 67.4 Å². The molecule has 1 atom stereocenters. The zero-order chi connectivity index (χ0) is 17.5. The smallest absolute Gasteiger partial charge is 0.223 e. The van der Waals surface area contributed by atoms with Gasteiger partial charge in [0.25, 0.3) is 0 Å². The Balaban J connectivity index is 1.79.